The second-order valence-corrected chi connectivity index (χ2v) is 5.05. The number of carbonyl (C=O) groups excluding carboxylic acids is 2. The molecule has 0 aliphatic carbocycles. The van der Waals surface area contributed by atoms with Crippen molar-refractivity contribution in [3.8, 4) is 5.75 Å². The van der Waals surface area contributed by atoms with Crippen molar-refractivity contribution in [1.82, 2.24) is 10.6 Å². The predicted molar refractivity (Wildman–Crippen MR) is 82.2 cm³/mol. The molecule has 0 aliphatic heterocycles. The van der Waals surface area contributed by atoms with Gasteiger partial charge in [-0.3, -0.25) is 9.59 Å². The molecule has 5 nitrogen and oxygen atoms in total. The van der Waals surface area contributed by atoms with E-state index in [0.29, 0.717) is 26.1 Å². The van der Waals surface area contributed by atoms with Crippen LogP contribution in [0.4, 0.5) is 0 Å². The SMILES string of the molecule is CCOc1ccc(CC(=O)NCCNC(=O)C(C)C)cc1. The van der Waals surface area contributed by atoms with Gasteiger partial charge in [-0.05, 0) is 24.6 Å². The summed E-state index contributed by atoms with van der Waals surface area (Å²) >= 11 is 0. The van der Waals surface area contributed by atoms with Crippen molar-refractivity contribution in [3.63, 3.8) is 0 Å². The number of hydrogen-bond donors (Lipinski definition) is 2. The molecule has 0 fully saturated rings. The molecule has 21 heavy (non-hydrogen) atoms. The first-order valence-corrected chi connectivity index (χ1v) is 7.29. The fourth-order valence-corrected chi connectivity index (χ4v) is 1.71. The molecule has 0 spiro atoms. The highest BCUT2D eigenvalue weighted by molar-refractivity contribution is 5.79. The molecule has 0 atom stereocenters. The van der Waals surface area contributed by atoms with Crippen LogP contribution in [0.2, 0.25) is 0 Å². The van der Waals surface area contributed by atoms with Crippen LogP contribution in [-0.2, 0) is 16.0 Å². The largest absolute Gasteiger partial charge is 0.494 e. The molecular formula is C16H24N2O3. The van der Waals surface area contributed by atoms with E-state index in [9.17, 15) is 9.59 Å². The number of hydrogen-bond acceptors (Lipinski definition) is 3. The highest BCUT2D eigenvalue weighted by Gasteiger charge is 2.06. The molecule has 2 N–H and O–H groups in total. The Bertz CT molecular complexity index is 455. The van der Waals surface area contributed by atoms with Crippen LogP contribution in [0.5, 0.6) is 5.75 Å². The summed E-state index contributed by atoms with van der Waals surface area (Å²) in [6, 6.07) is 7.47. The molecule has 2 amide bonds. The van der Waals surface area contributed by atoms with E-state index in [4.69, 9.17) is 4.74 Å². The van der Waals surface area contributed by atoms with Crippen molar-refractivity contribution in [2.45, 2.75) is 27.2 Å². The van der Waals surface area contributed by atoms with Crippen LogP contribution in [0.1, 0.15) is 26.3 Å². The van der Waals surface area contributed by atoms with Gasteiger partial charge in [0.15, 0.2) is 0 Å². The van der Waals surface area contributed by atoms with Gasteiger partial charge in [0.05, 0.1) is 13.0 Å². The maximum atomic E-state index is 11.7. The van der Waals surface area contributed by atoms with Crippen LogP contribution in [-0.4, -0.2) is 31.5 Å². The Morgan fingerprint density at radius 2 is 1.71 bits per heavy atom. The second-order valence-electron chi connectivity index (χ2n) is 5.05. The Balaban J connectivity index is 2.25. The minimum Gasteiger partial charge on any atom is -0.494 e. The van der Waals surface area contributed by atoms with E-state index < -0.39 is 0 Å². The van der Waals surface area contributed by atoms with Crippen molar-refractivity contribution in [1.29, 1.82) is 0 Å². The number of carbonyl (C=O) groups is 2. The zero-order chi connectivity index (χ0) is 15.7. The molecule has 0 unspecified atom stereocenters. The maximum absolute atomic E-state index is 11.7. The fourth-order valence-electron chi connectivity index (χ4n) is 1.71. The minimum absolute atomic E-state index is 0.00392. The van der Waals surface area contributed by atoms with E-state index in [-0.39, 0.29) is 17.7 Å². The lowest BCUT2D eigenvalue weighted by molar-refractivity contribution is -0.124. The molecule has 116 valence electrons. The third-order valence-corrected chi connectivity index (χ3v) is 2.87. The van der Waals surface area contributed by atoms with Crippen molar-refractivity contribution in [2.24, 2.45) is 5.92 Å². The first-order valence-electron chi connectivity index (χ1n) is 7.29. The van der Waals surface area contributed by atoms with Gasteiger partial charge in [0, 0.05) is 19.0 Å². The van der Waals surface area contributed by atoms with Crippen LogP contribution in [0.25, 0.3) is 0 Å². The fraction of sp³-hybridized carbons (Fsp3) is 0.500. The van der Waals surface area contributed by atoms with Crippen LogP contribution < -0.4 is 15.4 Å². The number of amides is 2. The van der Waals surface area contributed by atoms with Gasteiger partial charge in [-0.1, -0.05) is 26.0 Å². The van der Waals surface area contributed by atoms with E-state index in [1.807, 2.05) is 45.0 Å². The van der Waals surface area contributed by atoms with Gasteiger partial charge in [-0.25, -0.2) is 0 Å². The van der Waals surface area contributed by atoms with E-state index in [1.54, 1.807) is 0 Å². The lowest BCUT2D eigenvalue weighted by atomic mass is 10.1. The van der Waals surface area contributed by atoms with Gasteiger partial charge in [0.2, 0.25) is 11.8 Å². The maximum Gasteiger partial charge on any atom is 0.224 e. The van der Waals surface area contributed by atoms with E-state index in [2.05, 4.69) is 10.6 Å². The van der Waals surface area contributed by atoms with Gasteiger partial charge in [0.25, 0.3) is 0 Å². The summed E-state index contributed by atoms with van der Waals surface area (Å²) in [4.78, 5) is 23.1. The Kier molecular flexibility index (Phi) is 7.29. The molecular weight excluding hydrogens is 268 g/mol. The van der Waals surface area contributed by atoms with Gasteiger partial charge in [-0.15, -0.1) is 0 Å². The molecule has 0 aliphatic rings. The van der Waals surface area contributed by atoms with Crippen LogP contribution in [0.15, 0.2) is 24.3 Å². The first-order chi connectivity index (χ1) is 10.0. The van der Waals surface area contributed by atoms with Gasteiger partial charge in [0.1, 0.15) is 5.75 Å². The first kappa shape index (κ1) is 17.0. The predicted octanol–water partition coefficient (Wildman–Crippen LogP) is 1.52. The van der Waals surface area contributed by atoms with E-state index in [0.717, 1.165) is 11.3 Å². The molecule has 1 aromatic rings. The van der Waals surface area contributed by atoms with E-state index in [1.165, 1.54) is 0 Å². The minimum atomic E-state index is -0.0574. The number of benzene rings is 1. The molecule has 0 saturated heterocycles. The van der Waals surface area contributed by atoms with Gasteiger partial charge >= 0.3 is 0 Å². The normalized spacial score (nSPS) is 10.3. The third kappa shape index (κ3) is 6.79. The van der Waals surface area contributed by atoms with Crippen molar-refractivity contribution in [2.75, 3.05) is 19.7 Å². The van der Waals surface area contributed by atoms with Crippen LogP contribution in [0, 0.1) is 5.92 Å². The smallest absolute Gasteiger partial charge is 0.224 e. The topological polar surface area (TPSA) is 67.4 Å². The zero-order valence-electron chi connectivity index (χ0n) is 12.9. The zero-order valence-corrected chi connectivity index (χ0v) is 12.9. The Labute approximate surface area is 126 Å². The van der Waals surface area contributed by atoms with Crippen LogP contribution in [0.3, 0.4) is 0 Å². The summed E-state index contributed by atoms with van der Waals surface area (Å²) in [6.07, 6.45) is 0.324. The third-order valence-electron chi connectivity index (χ3n) is 2.87. The monoisotopic (exact) mass is 292 g/mol. The molecule has 5 heteroatoms. The summed E-state index contributed by atoms with van der Waals surface area (Å²) in [7, 11) is 0. The molecule has 0 radical (unpaired) electrons. The number of nitrogens with one attached hydrogen (secondary N) is 2. The van der Waals surface area contributed by atoms with Crippen molar-refractivity contribution < 1.29 is 14.3 Å². The summed E-state index contributed by atoms with van der Waals surface area (Å²) in [5, 5.41) is 5.53. The average molecular weight is 292 g/mol. The molecule has 1 rings (SSSR count). The average Bonchev–Trinajstić information content (AvgIpc) is 2.45. The summed E-state index contributed by atoms with van der Waals surface area (Å²) in [5.74, 6) is 0.705. The standard InChI is InChI=1S/C16H24N2O3/c1-4-21-14-7-5-13(6-8-14)11-15(19)17-9-10-18-16(20)12(2)3/h5-8,12H,4,9-11H2,1-3H3,(H,17,19)(H,18,20). The summed E-state index contributed by atoms with van der Waals surface area (Å²) < 4.78 is 5.35. The highest BCUT2D eigenvalue weighted by Crippen LogP contribution is 2.12. The lowest BCUT2D eigenvalue weighted by Crippen LogP contribution is -2.36. The van der Waals surface area contributed by atoms with Gasteiger partial charge < -0.3 is 15.4 Å². The summed E-state index contributed by atoms with van der Waals surface area (Å²) in [6.45, 7) is 7.11. The van der Waals surface area contributed by atoms with Crippen molar-refractivity contribution in [3.05, 3.63) is 29.8 Å². The molecule has 0 bridgehead atoms. The van der Waals surface area contributed by atoms with Crippen LogP contribution >= 0.6 is 0 Å². The van der Waals surface area contributed by atoms with Crippen molar-refractivity contribution >= 4 is 11.8 Å². The summed E-state index contributed by atoms with van der Waals surface area (Å²) in [5.41, 5.74) is 0.933. The Hall–Kier alpha value is -2.04. The molecule has 0 heterocycles. The number of rotatable bonds is 8. The lowest BCUT2D eigenvalue weighted by Gasteiger charge is -2.09. The Morgan fingerprint density at radius 3 is 2.29 bits per heavy atom. The molecule has 0 aromatic heterocycles. The molecule has 1 aromatic carbocycles. The van der Waals surface area contributed by atoms with Gasteiger partial charge in [-0.2, -0.15) is 0 Å². The van der Waals surface area contributed by atoms with E-state index >= 15 is 0 Å². The Morgan fingerprint density at radius 1 is 1.10 bits per heavy atom. The molecule has 0 saturated carbocycles. The number of ether oxygens (including phenoxy) is 1. The highest BCUT2D eigenvalue weighted by atomic mass is 16.5. The quantitative estimate of drug-likeness (QED) is 0.714. The second kappa shape index (κ2) is 9.00.